The molecule has 0 aliphatic rings. The standard InChI is InChI=1S/C19H16BrFN2O2/c1-12(13-2-5-15(21)6-3-13)22-19(25)11-23-9-8-18(24)16-10-14(20)4-7-17(16)23/h2-10,12H,11H2,1H3,(H,22,25). The second-order valence-corrected chi connectivity index (χ2v) is 6.73. The number of hydrogen-bond donors (Lipinski definition) is 1. The monoisotopic (exact) mass is 402 g/mol. The Bertz CT molecular complexity index is 983. The summed E-state index contributed by atoms with van der Waals surface area (Å²) in [5.74, 6) is -0.502. The molecule has 4 nitrogen and oxygen atoms in total. The third-order valence-corrected chi connectivity index (χ3v) is 4.49. The van der Waals surface area contributed by atoms with Crippen LogP contribution in [0.3, 0.4) is 0 Å². The summed E-state index contributed by atoms with van der Waals surface area (Å²) in [5, 5.41) is 3.44. The molecule has 3 aromatic rings. The lowest BCUT2D eigenvalue weighted by molar-refractivity contribution is -0.122. The molecule has 1 amide bonds. The van der Waals surface area contributed by atoms with Crippen LogP contribution in [0.25, 0.3) is 10.9 Å². The summed E-state index contributed by atoms with van der Waals surface area (Å²) in [6, 6.07) is 12.6. The Balaban J connectivity index is 1.79. The summed E-state index contributed by atoms with van der Waals surface area (Å²) in [7, 11) is 0. The molecule has 0 fully saturated rings. The Hall–Kier alpha value is -2.47. The first-order valence-electron chi connectivity index (χ1n) is 7.77. The molecule has 0 bridgehead atoms. The normalized spacial score (nSPS) is 12.1. The van der Waals surface area contributed by atoms with Gasteiger partial charge >= 0.3 is 0 Å². The summed E-state index contributed by atoms with van der Waals surface area (Å²) >= 11 is 3.35. The van der Waals surface area contributed by atoms with Gasteiger partial charge in [0.25, 0.3) is 0 Å². The van der Waals surface area contributed by atoms with Crippen molar-refractivity contribution in [2.45, 2.75) is 19.5 Å². The van der Waals surface area contributed by atoms with Crippen molar-refractivity contribution in [3.8, 4) is 0 Å². The maximum Gasteiger partial charge on any atom is 0.240 e. The number of hydrogen-bond acceptors (Lipinski definition) is 2. The predicted molar refractivity (Wildman–Crippen MR) is 98.9 cm³/mol. The highest BCUT2D eigenvalue weighted by atomic mass is 79.9. The predicted octanol–water partition coefficient (Wildman–Crippen LogP) is 3.78. The number of rotatable bonds is 4. The van der Waals surface area contributed by atoms with Crippen molar-refractivity contribution < 1.29 is 9.18 Å². The van der Waals surface area contributed by atoms with Crippen LogP contribution >= 0.6 is 15.9 Å². The molecule has 25 heavy (non-hydrogen) atoms. The summed E-state index contributed by atoms with van der Waals surface area (Å²) in [4.78, 5) is 24.4. The molecule has 6 heteroatoms. The van der Waals surface area contributed by atoms with Gasteiger partial charge in [0, 0.05) is 22.1 Å². The minimum atomic E-state index is -0.312. The van der Waals surface area contributed by atoms with Crippen molar-refractivity contribution in [3.05, 3.63) is 80.8 Å². The van der Waals surface area contributed by atoms with Crippen molar-refractivity contribution >= 4 is 32.7 Å². The van der Waals surface area contributed by atoms with Gasteiger partial charge in [-0.15, -0.1) is 0 Å². The molecule has 0 spiro atoms. The molecule has 128 valence electrons. The lowest BCUT2D eigenvalue weighted by atomic mass is 10.1. The summed E-state index contributed by atoms with van der Waals surface area (Å²) < 4.78 is 15.5. The highest BCUT2D eigenvalue weighted by molar-refractivity contribution is 9.10. The van der Waals surface area contributed by atoms with Crippen molar-refractivity contribution in [3.63, 3.8) is 0 Å². The largest absolute Gasteiger partial charge is 0.348 e. The Labute approximate surface area is 152 Å². The van der Waals surface area contributed by atoms with Gasteiger partial charge in [0.2, 0.25) is 5.91 Å². The quantitative estimate of drug-likeness (QED) is 0.721. The van der Waals surface area contributed by atoms with Crippen LogP contribution in [0.15, 0.2) is 64.0 Å². The fraction of sp³-hybridized carbons (Fsp3) is 0.158. The number of amides is 1. The maximum absolute atomic E-state index is 13.0. The number of carbonyl (C=O) groups is 1. The second-order valence-electron chi connectivity index (χ2n) is 5.81. The minimum Gasteiger partial charge on any atom is -0.348 e. The molecule has 0 aliphatic heterocycles. The van der Waals surface area contributed by atoms with Gasteiger partial charge in [0.1, 0.15) is 12.4 Å². The Morgan fingerprint density at radius 1 is 1.20 bits per heavy atom. The van der Waals surface area contributed by atoms with Gasteiger partial charge in [-0.3, -0.25) is 9.59 Å². The van der Waals surface area contributed by atoms with Crippen LogP contribution in [0.4, 0.5) is 4.39 Å². The van der Waals surface area contributed by atoms with E-state index >= 15 is 0 Å². The summed E-state index contributed by atoms with van der Waals surface area (Å²) in [6.45, 7) is 1.93. The number of fused-ring (bicyclic) bond motifs is 1. The van der Waals surface area contributed by atoms with Crippen LogP contribution in [-0.4, -0.2) is 10.5 Å². The van der Waals surface area contributed by atoms with Crippen LogP contribution in [0.5, 0.6) is 0 Å². The van der Waals surface area contributed by atoms with Gasteiger partial charge in [0.15, 0.2) is 5.43 Å². The summed E-state index contributed by atoms with van der Waals surface area (Å²) in [5.41, 5.74) is 1.43. The first-order valence-corrected chi connectivity index (χ1v) is 8.57. The highest BCUT2D eigenvalue weighted by Crippen LogP contribution is 2.17. The number of carbonyl (C=O) groups excluding carboxylic acids is 1. The zero-order valence-electron chi connectivity index (χ0n) is 13.5. The molecule has 0 saturated carbocycles. The van der Waals surface area contributed by atoms with Gasteiger partial charge in [0.05, 0.1) is 11.6 Å². The van der Waals surface area contributed by atoms with Gasteiger partial charge in [-0.05, 0) is 42.8 Å². The maximum atomic E-state index is 13.0. The van der Waals surface area contributed by atoms with Crippen LogP contribution in [0.1, 0.15) is 18.5 Å². The minimum absolute atomic E-state index is 0.0872. The molecule has 3 rings (SSSR count). The van der Waals surface area contributed by atoms with E-state index in [-0.39, 0.29) is 29.7 Å². The lowest BCUT2D eigenvalue weighted by Crippen LogP contribution is -2.30. The molecule has 0 aliphatic carbocycles. The zero-order valence-corrected chi connectivity index (χ0v) is 15.1. The van der Waals surface area contributed by atoms with E-state index < -0.39 is 0 Å². The Kier molecular flexibility index (Phi) is 4.99. The van der Waals surface area contributed by atoms with Crippen molar-refractivity contribution in [1.82, 2.24) is 9.88 Å². The summed E-state index contributed by atoms with van der Waals surface area (Å²) in [6.07, 6.45) is 1.61. The molecule has 0 saturated heterocycles. The molecular formula is C19H16BrFN2O2. The molecule has 0 radical (unpaired) electrons. The van der Waals surface area contributed by atoms with E-state index in [9.17, 15) is 14.0 Å². The smallest absolute Gasteiger partial charge is 0.240 e. The molecule has 1 unspecified atom stereocenters. The van der Waals surface area contributed by atoms with E-state index in [4.69, 9.17) is 0 Å². The average molecular weight is 403 g/mol. The Morgan fingerprint density at radius 2 is 1.92 bits per heavy atom. The fourth-order valence-electron chi connectivity index (χ4n) is 2.70. The van der Waals surface area contributed by atoms with Crippen LogP contribution in [0.2, 0.25) is 0 Å². The van der Waals surface area contributed by atoms with Gasteiger partial charge < -0.3 is 9.88 Å². The SMILES string of the molecule is CC(NC(=O)Cn1ccc(=O)c2cc(Br)ccc21)c1ccc(F)cc1. The number of aromatic nitrogens is 1. The van der Waals surface area contributed by atoms with Crippen molar-refractivity contribution in [1.29, 1.82) is 0 Å². The molecular weight excluding hydrogens is 387 g/mol. The molecule has 2 aromatic carbocycles. The second kappa shape index (κ2) is 7.19. The van der Waals surface area contributed by atoms with E-state index in [0.29, 0.717) is 10.9 Å². The van der Waals surface area contributed by atoms with E-state index in [2.05, 4.69) is 21.2 Å². The van der Waals surface area contributed by atoms with Crippen LogP contribution in [-0.2, 0) is 11.3 Å². The van der Waals surface area contributed by atoms with Crippen molar-refractivity contribution in [2.24, 2.45) is 0 Å². The van der Waals surface area contributed by atoms with Gasteiger partial charge in [-0.2, -0.15) is 0 Å². The van der Waals surface area contributed by atoms with Crippen molar-refractivity contribution in [2.75, 3.05) is 0 Å². The third-order valence-electron chi connectivity index (χ3n) is 4.00. The molecule has 1 N–H and O–H groups in total. The molecule has 1 aromatic heterocycles. The number of benzene rings is 2. The van der Waals surface area contributed by atoms with E-state index in [0.717, 1.165) is 10.0 Å². The average Bonchev–Trinajstić information content (AvgIpc) is 2.58. The van der Waals surface area contributed by atoms with Gasteiger partial charge in [-0.1, -0.05) is 28.1 Å². The third kappa shape index (κ3) is 3.96. The first kappa shape index (κ1) is 17.4. The van der Waals surface area contributed by atoms with E-state index in [1.807, 2.05) is 13.0 Å². The lowest BCUT2D eigenvalue weighted by Gasteiger charge is -2.16. The van der Waals surface area contributed by atoms with E-state index in [1.165, 1.54) is 18.2 Å². The van der Waals surface area contributed by atoms with Crippen LogP contribution < -0.4 is 10.7 Å². The zero-order chi connectivity index (χ0) is 18.0. The first-order chi connectivity index (χ1) is 11.9. The topological polar surface area (TPSA) is 51.1 Å². The highest BCUT2D eigenvalue weighted by Gasteiger charge is 2.12. The number of pyridine rings is 1. The molecule has 1 atom stereocenters. The fourth-order valence-corrected chi connectivity index (χ4v) is 3.06. The van der Waals surface area contributed by atoms with Gasteiger partial charge in [-0.25, -0.2) is 4.39 Å². The van der Waals surface area contributed by atoms with Crippen LogP contribution in [0, 0.1) is 5.82 Å². The number of nitrogens with zero attached hydrogens (tertiary/aromatic N) is 1. The molecule has 1 heterocycles. The Morgan fingerprint density at radius 3 is 2.64 bits per heavy atom. The van der Waals surface area contributed by atoms with E-state index in [1.54, 1.807) is 35.0 Å². The number of halogens is 2. The number of nitrogens with one attached hydrogen (secondary N) is 1.